The smallest absolute Gasteiger partial charge is 0.0648 e. The van der Waals surface area contributed by atoms with Gasteiger partial charge in [-0.15, -0.1) is 0 Å². The van der Waals surface area contributed by atoms with Crippen LogP contribution in [0.25, 0.3) is 0 Å². The molecule has 2 nitrogen and oxygen atoms in total. The van der Waals surface area contributed by atoms with Gasteiger partial charge in [0, 0.05) is 5.54 Å². The van der Waals surface area contributed by atoms with E-state index in [0.29, 0.717) is 16.9 Å². The zero-order chi connectivity index (χ0) is 13.8. The molecule has 2 fully saturated rings. The molecule has 2 rings (SSSR count). The second kappa shape index (κ2) is 4.21. The van der Waals surface area contributed by atoms with Crippen LogP contribution in [0, 0.1) is 16.7 Å². The SMILES string of the molecule is CN(C)C(C)(C)CO[C@@H]1C[C@H]2CC[C@]1(C)C2(C)C. The van der Waals surface area contributed by atoms with E-state index in [4.69, 9.17) is 4.74 Å². The molecule has 0 N–H and O–H groups in total. The van der Waals surface area contributed by atoms with Crippen LogP contribution in [0.5, 0.6) is 0 Å². The van der Waals surface area contributed by atoms with Crippen molar-refractivity contribution in [1.82, 2.24) is 4.90 Å². The molecule has 2 saturated carbocycles. The molecule has 2 aliphatic rings. The molecule has 2 aliphatic carbocycles. The average molecular weight is 253 g/mol. The highest BCUT2D eigenvalue weighted by Gasteiger charge is 2.61. The highest BCUT2D eigenvalue weighted by Crippen LogP contribution is 2.66. The number of nitrogens with zero attached hydrogens (tertiary/aromatic N) is 1. The minimum atomic E-state index is 0.127. The van der Waals surface area contributed by atoms with Crippen LogP contribution < -0.4 is 0 Å². The van der Waals surface area contributed by atoms with Crippen molar-refractivity contribution in [2.45, 2.75) is 65.5 Å². The van der Waals surface area contributed by atoms with E-state index >= 15 is 0 Å². The molecule has 18 heavy (non-hydrogen) atoms. The van der Waals surface area contributed by atoms with Gasteiger partial charge < -0.3 is 9.64 Å². The summed E-state index contributed by atoms with van der Waals surface area (Å²) in [5.74, 6) is 0.870. The molecule has 0 aromatic heterocycles. The lowest BCUT2D eigenvalue weighted by atomic mass is 9.70. The lowest BCUT2D eigenvalue weighted by Crippen LogP contribution is -2.46. The molecule has 106 valence electrons. The maximum atomic E-state index is 6.36. The summed E-state index contributed by atoms with van der Waals surface area (Å²) >= 11 is 0. The molecule has 2 heteroatoms. The first-order chi connectivity index (χ1) is 8.11. The highest BCUT2D eigenvalue weighted by atomic mass is 16.5. The standard InChI is InChI=1S/C16H31NO/c1-14(2,17(6)7)11-18-13-10-12-8-9-16(13,5)15(12,3)4/h12-13H,8-11H2,1-7H3/t12-,13-,16+/m1/s1. The van der Waals surface area contributed by atoms with E-state index in [1.807, 2.05) is 0 Å². The van der Waals surface area contributed by atoms with Crippen molar-refractivity contribution in [1.29, 1.82) is 0 Å². The van der Waals surface area contributed by atoms with Crippen molar-refractivity contribution in [3.63, 3.8) is 0 Å². The number of fused-ring (bicyclic) bond motifs is 2. The van der Waals surface area contributed by atoms with Crippen molar-refractivity contribution >= 4 is 0 Å². The topological polar surface area (TPSA) is 12.5 Å². The maximum absolute atomic E-state index is 6.36. The van der Waals surface area contributed by atoms with Gasteiger partial charge in [0.1, 0.15) is 0 Å². The molecule has 3 atom stereocenters. The van der Waals surface area contributed by atoms with Gasteiger partial charge in [0.25, 0.3) is 0 Å². The fraction of sp³-hybridized carbons (Fsp3) is 1.00. The van der Waals surface area contributed by atoms with E-state index in [1.165, 1.54) is 19.3 Å². The fourth-order valence-corrected chi connectivity index (χ4v) is 3.82. The lowest BCUT2D eigenvalue weighted by Gasteiger charge is -2.41. The van der Waals surface area contributed by atoms with E-state index in [1.54, 1.807) is 0 Å². The van der Waals surface area contributed by atoms with Crippen molar-refractivity contribution in [2.75, 3.05) is 20.7 Å². The molecule has 0 aromatic carbocycles. The molecule has 0 amide bonds. The Morgan fingerprint density at radius 2 is 1.83 bits per heavy atom. The van der Waals surface area contributed by atoms with Crippen LogP contribution in [0.2, 0.25) is 0 Å². The molecule has 0 heterocycles. The third-order valence-electron chi connectivity index (χ3n) is 6.56. The van der Waals surface area contributed by atoms with Gasteiger partial charge in [0.15, 0.2) is 0 Å². The molecule has 0 spiro atoms. The maximum Gasteiger partial charge on any atom is 0.0648 e. The molecule has 0 unspecified atom stereocenters. The van der Waals surface area contributed by atoms with Gasteiger partial charge in [-0.3, -0.25) is 0 Å². The van der Waals surface area contributed by atoms with Crippen LogP contribution in [0.1, 0.15) is 53.9 Å². The average Bonchev–Trinajstić information content (AvgIpc) is 2.58. The first-order valence-corrected chi connectivity index (χ1v) is 7.40. The van der Waals surface area contributed by atoms with Crippen molar-refractivity contribution in [3.8, 4) is 0 Å². The Labute approximate surface area is 113 Å². The summed E-state index contributed by atoms with van der Waals surface area (Å²) in [6, 6.07) is 0. The molecular formula is C16H31NO. The molecule has 0 saturated heterocycles. The van der Waals surface area contributed by atoms with Gasteiger partial charge in [0.05, 0.1) is 12.7 Å². The summed E-state index contributed by atoms with van der Waals surface area (Å²) in [5, 5.41) is 0. The zero-order valence-electron chi connectivity index (χ0n) is 13.3. The monoisotopic (exact) mass is 253 g/mol. The Kier molecular flexibility index (Phi) is 3.35. The van der Waals surface area contributed by atoms with Gasteiger partial charge >= 0.3 is 0 Å². The van der Waals surface area contributed by atoms with Crippen LogP contribution >= 0.6 is 0 Å². The summed E-state index contributed by atoms with van der Waals surface area (Å²) in [7, 11) is 4.27. The summed E-state index contributed by atoms with van der Waals surface area (Å²) in [6.07, 6.45) is 4.48. The first-order valence-electron chi connectivity index (χ1n) is 7.40. The Morgan fingerprint density at radius 1 is 1.22 bits per heavy atom. The normalized spacial score (nSPS) is 38.7. The van der Waals surface area contributed by atoms with Gasteiger partial charge in [-0.1, -0.05) is 20.8 Å². The van der Waals surface area contributed by atoms with Crippen molar-refractivity contribution in [2.24, 2.45) is 16.7 Å². The number of ether oxygens (including phenoxy) is 1. The number of hydrogen-bond acceptors (Lipinski definition) is 2. The van der Waals surface area contributed by atoms with E-state index < -0.39 is 0 Å². The van der Waals surface area contributed by atoms with E-state index in [2.05, 4.69) is 53.6 Å². The van der Waals surface area contributed by atoms with Gasteiger partial charge in [-0.2, -0.15) is 0 Å². The number of likely N-dealkylation sites (N-methyl/N-ethyl adjacent to an activating group) is 1. The van der Waals surface area contributed by atoms with Crippen LogP contribution in [-0.4, -0.2) is 37.2 Å². The van der Waals surface area contributed by atoms with Gasteiger partial charge in [-0.25, -0.2) is 0 Å². The van der Waals surface area contributed by atoms with E-state index in [-0.39, 0.29) is 5.54 Å². The summed E-state index contributed by atoms with van der Waals surface area (Å²) in [5.41, 5.74) is 0.975. The Bertz CT molecular complexity index is 321. The fourth-order valence-electron chi connectivity index (χ4n) is 3.82. The van der Waals surface area contributed by atoms with Crippen LogP contribution in [0.15, 0.2) is 0 Å². The number of rotatable bonds is 4. The molecular weight excluding hydrogens is 222 g/mol. The van der Waals surface area contributed by atoms with Crippen LogP contribution in [0.4, 0.5) is 0 Å². The minimum Gasteiger partial charge on any atom is -0.376 e. The second-order valence-corrected chi connectivity index (χ2v) is 8.12. The summed E-state index contributed by atoms with van der Waals surface area (Å²) in [6.45, 7) is 12.7. The Hall–Kier alpha value is -0.0800. The minimum absolute atomic E-state index is 0.127. The third kappa shape index (κ3) is 1.92. The molecule has 2 bridgehead atoms. The lowest BCUT2D eigenvalue weighted by molar-refractivity contribution is -0.0771. The Morgan fingerprint density at radius 3 is 2.22 bits per heavy atom. The van der Waals surface area contributed by atoms with Gasteiger partial charge in [-0.05, 0) is 64.0 Å². The van der Waals surface area contributed by atoms with Crippen molar-refractivity contribution < 1.29 is 4.74 Å². The summed E-state index contributed by atoms with van der Waals surface area (Å²) < 4.78 is 6.36. The Balaban J connectivity index is 2.01. The predicted molar refractivity (Wildman–Crippen MR) is 76.7 cm³/mol. The second-order valence-electron chi connectivity index (χ2n) is 8.12. The zero-order valence-corrected chi connectivity index (χ0v) is 13.3. The molecule has 0 radical (unpaired) electrons. The van der Waals surface area contributed by atoms with Crippen LogP contribution in [0.3, 0.4) is 0 Å². The van der Waals surface area contributed by atoms with E-state index in [0.717, 1.165) is 12.5 Å². The van der Waals surface area contributed by atoms with Crippen molar-refractivity contribution in [3.05, 3.63) is 0 Å². The molecule has 0 aromatic rings. The van der Waals surface area contributed by atoms with Gasteiger partial charge in [0.2, 0.25) is 0 Å². The highest BCUT2D eigenvalue weighted by molar-refractivity contribution is 5.11. The predicted octanol–water partition coefficient (Wildman–Crippen LogP) is 3.56. The first kappa shape index (κ1) is 14.3. The van der Waals surface area contributed by atoms with Crippen LogP contribution in [-0.2, 0) is 4.74 Å². The van der Waals surface area contributed by atoms with E-state index in [9.17, 15) is 0 Å². The summed E-state index contributed by atoms with van der Waals surface area (Å²) in [4.78, 5) is 2.26. The molecule has 0 aliphatic heterocycles. The quantitative estimate of drug-likeness (QED) is 0.759. The number of hydrogen-bond donors (Lipinski definition) is 0. The largest absolute Gasteiger partial charge is 0.376 e. The third-order valence-corrected chi connectivity index (χ3v) is 6.56.